The quantitative estimate of drug-likeness (QED) is 0.429. The second-order valence-electron chi connectivity index (χ2n) is 3.56. The highest BCUT2D eigenvalue weighted by Crippen LogP contribution is 2.10. The Morgan fingerprint density at radius 1 is 1.17 bits per heavy atom. The number of hydrogen-bond donors (Lipinski definition) is 0. The number of carbonyl (C=O) groups excluding carboxylic acids is 1. The molecule has 6 heteroatoms. The monoisotopic (exact) mass is 272 g/mol. The summed E-state index contributed by atoms with van der Waals surface area (Å²) in [7, 11) is -3.76. The lowest BCUT2D eigenvalue weighted by Gasteiger charge is -2.06. The predicted molar refractivity (Wildman–Crippen MR) is 65.4 cm³/mol. The van der Waals surface area contributed by atoms with E-state index in [2.05, 4.69) is 0 Å². The van der Waals surface area contributed by atoms with Gasteiger partial charge in [-0.25, -0.2) is 0 Å². The third kappa shape index (κ3) is 4.85. The number of benzene rings is 1. The van der Waals surface area contributed by atoms with Gasteiger partial charge in [0.1, 0.15) is 13.2 Å². The first-order chi connectivity index (χ1) is 8.56. The van der Waals surface area contributed by atoms with Crippen LogP contribution in [0.15, 0.2) is 35.2 Å². The molecule has 0 fully saturated rings. The van der Waals surface area contributed by atoms with Crippen LogP contribution in [0, 0.1) is 0 Å². The molecule has 100 valence electrons. The van der Waals surface area contributed by atoms with Crippen molar-refractivity contribution in [2.45, 2.75) is 24.7 Å². The minimum atomic E-state index is -3.76. The van der Waals surface area contributed by atoms with Crippen molar-refractivity contribution in [3.8, 4) is 0 Å². The topological polar surface area (TPSA) is 69.7 Å². The maximum Gasteiger partial charge on any atom is 0.305 e. The number of hydrogen-bond acceptors (Lipinski definition) is 5. The Labute approximate surface area is 107 Å². The fourth-order valence-electron chi connectivity index (χ4n) is 1.23. The van der Waals surface area contributed by atoms with E-state index in [1.54, 1.807) is 18.2 Å². The third-order valence-electron chi connectivity index (χ3n) is 2.07. The van der Waals surface area contributed by atoms with Crippen LogP contribution in [0.4, 0.5) is 0 Å². The summed E-state index contributed by atoms with van der Waals surface area (Å²) >= 11 is 0. The molecule has 0 spiro atoms. The minimum Gasteiger partial charge on any atom is -0.463 e. The molecule has 5 nitrogen and oxygen atoms in total. The van der Waals surface area contributed by atoms with Gasteiger partial charge >= 0.3 is 5.97 Å². The van der Waals surface area contributed by atoms with Crippen LogP contribution in [0.2, 0.25) is 0 Å². The van der Waals surface area contributed by atoms with Gasteiger partial charge in [0.2, 0.25) is 0 Å². The van der Waals surface area contributed by atoms with Gasteiger partial charge in [0.25, 0.3) is 10.1 Å². The number of carbonyl (C=O) groups is 1. The molecule has 0 saturated carbocycles. The van der Waals surface area contributed by atoms with Crippen molar-refractivity contribution in [2.24, 2.45) is 0 Å². The summed E-state index contributed by atoms with van der Waals surface area (Å²) in [5, 5.41) is 0. The van der Waals surface area contributed by atoms with Gasteiger partial charge in [-0.15, -0.1) is 0 Å². The number of esters is 1. The highest BCUT2D eigenvalue weighted by Gasteiger charge is 2.14. The van der Waals surface area contributed by atoms with E-state index in [0.29, 0.717) is 12.8 Å². The molecule has 0 aliphatic heterocycles. The van der Waals surface area contributed by atoms with Gasteiger partial charge in [-0.3, -0.25) is 8.98 Å². The molecule has 1 aromatic rings. The summed E-state index contributed by atoms with van der Waals surface area (Å²) in [6, 6.07) is 7.82. The Morgan fingerprint density at radius 3 is 2.44 bits per heavy atom. The Hall–Kier alpha value is -1.40. The van der Waals surface area contributed by atoms with E-state index in [0.717, 1.165) is 0 Å². The van der Waals surface area contributed by atoms with Crippen LogP contribution < -0.4 is 0 Å². The molecule has 0 saturated heterocycles. The SMILES string of the molecule is CCCC(=O)OCCOS(=O)(=O)c1ccccc1. The van der Waals surface area contributed by atoms with Crippen LogP contribution >= 0.6 is 0 Å². The zero-order valence-electron chi connectivity index (χ0n) is 10.2. The van der Waals surface area contributed by atoms with E-state index in [9.17, 15) is 13.2 Å². The van der Waals surface area contributed by atoms with Gasteiger partial charge in [0, 0.05) is 6.42 Å². The molecule has 0 amide bonds. The first kappa shape index (κ1) is 14.7. The molecule has 0 radical (unpaired) electrons. The maximum absolute atomic E-state index is 11.6. The Balaban J connectivity index is 2.37. The smallest absolute Gasteiger partial charge is 0.305 e. The Kier molecular flexibility index (Phi) is 5.80. The van der Waals surface area contributed by atoms with Crippen LogP contribution in [-0.2, 0) is 23.8 Å². The third-order valence-corrected chi connectivity index (χ3v) is 3.40. The van der Waals surface area contributed by atoms with E-state index in [1.165, 1.54) is 12.1 Å². The van der Waals surface area contributed by atoms with E-state index < -0.39 is 10.1 Å². The molecule has 0 aliphatic carbocycles. The van der Waals surface area contributed by atoms with Gasteiger partial charge in [-0.2, -0.15) is 8.42 Å². The normalized spacial score (nSPS) is 11.2. The van der Waals surface area contributed by atoms with Crippen LogP contribution in [-0.4, -0.2) is 27.6 Å². The Morgan fingerprint density at radius 2 is 1.83 bits per heavy atom. The van der Waals surface area contributed by atoms with Gasteiger partial charge in [0.05, 0.1) is 4.90 Å². The Bertz CT molecular complexity index is 467. The predicted octanol–water partition coefficient (Wildman–Crippen LogP) is 1.74. The van der Waals surface area contributed by atoms with Gasteiger partial charge < -0.3 is 4.74 Å². The molecule has 18 heavy (non-hydrogen) atoms. The molecule has 0 bridgehead atoms. The molecule has 0 heterocycles. The van der Waals surface area contributed by atoms with Gasteiger partial charge in [0.15, 0.2) is 0 Å². The van der Waals surface area contributed by atoms with Crippen molar-refractivity contribution < 1.29 is 22.1 Å². The zero-order chi connectivity index (χ0) is 13.4. The van der Waals surface area contributed by atoms with Crippen molar-refractivity contribution in [3.63, 3.8) is 0 Å². The van der Waals surface area contributed by atoms with Gasteiger partial charge in [-0.05, 0) is 18.6 Å². The van der Waals surface area contributed by atoms with Crippen LogP contribution in [0.1, 0.15) is 19.8 Å². The molecule has 0 aliphatic rings. The molecule has 0 atom stereocenters. The summed E-state index contributed by atoms with van der Waals surface area (Å²) in [6.45, 7) is 1.62. The lowest BCUT2D eigenvalue weighted by Crippen LogP contribution is -2.14. The molecule has 1 rings (SSSR count). The van der Waals surface area contributed by atoms with Crippen molar-refractivity contribution in [1.82, 2.24) is 0 Å². The molecule has 1 aromatic carbocycles. The number of ether oxygens (including phenoxy) is 1. The van der Waals surface area contributed by atoms with Crippen molar-refractivity contribution in [2.75, 3.05) is 13.2 Å². The van der Waals surface area contributed by atoms with Crippen molar-refractivity contribution in [3.05, 3.63) is 30.3 Å². The van der Waals surface area contributed by atoms with Crippen LogP contribution in [0.3, 0.4) is 0 Å². The largest absolute Gasteiger partial charge is 0.463 e. The first-order valence-electron chi connectivity index (χ1n) is 5.66. The van der Waals surface area contributed by atoms with E-state index >= 15 is 0 Å². The van der Waals surface area contributed by atoms with E-state index in [1.807, 2.05) is 6.92 Å². The average Bonchev–Trinajstić information content (AvgIpc) is 2.36. The van der Waals surface area contributed by atoms with Crippen LogP contribution in [0.5, 0.6) is 0 Å². The summed E-state index contributed by atoms with van der Waals surface area (Å²) < 4.78 is 32.8. The fraction of sp³-hybridized carbons (Fsp3) is 0.417. The first-order valence-corrected chi connectivity index (χ1v) is 7.07. The summed E-state index contributed by atoms with van der Waals surface area (Å²) in [5.74, 6) is -0.349. The lowest BCUT2D eigenvalue weighted by atomic mass is 10.3. The standard InChI is InChI=1S/C12H16O5S/c1-2-6-12(13)16-9-10-17-18(14,15)11-7-4-3-5-8-11/h3-5,7-8H,2,6,9-10H2,1H3. The highest BCUT2D eigenvalue weighted by molar-refractivity contribution is 7.86. The maximum atomic E-state index is 11.6. The molecular weight excluding hydrogens is 256 g/mol. The molecule has 0 N–H and O–H groups in total. The van der Waals surface area contributed by atoms with E-state index in [4.69, 9.17) is 8.92 Å². The summed E-state index contributed by atoms with van der Waals surface area (Å²) in [4.78, 5) is 11.1. The molecular formula is C12H16O5S. The van der Waals surface area contributed by atoms with Crippen molar-refractivity contribution in [1.29, 1.82) is 0 Å². The average molecular weight is 272 g/mol. The fourth-order valence-corrected chi connectivity index (χ4v) is 2.14. The van der Waals surface area contributed by atoms with Crippen LogP contribution in [0.25, 0.3) is 0 Å². The summed E-state index contributed by atoms with van der Waals surface area (Å²) in [5.41, 5.74) is 0. The van der Waals surface area contributed by atoms with Gasteiger partial charge in [-0.1, -0.05) is 25.1 Å². The zero-order valence-corrected chi connectivity index (χ0v) is 11.0. The number of rotatable bonds is 7. The minimum absolute atomic E-state index is 0.0646. The molecule has 0 unspecified atom stereocenters. The summed E-state index contributed by atoms with van der Waals surface area (Å²) in [6.07, 6.45) is 1.02. The second-order valence-corrected chi connectivity index (χ2v) is 5.17. The second kappa shape index (κ2) is 7.13. The molecule has 0 aromatic heterocycles. The lowest BCUT2D eigenvalue weighted by molar-refractivity contribution is -0.144. The van der Waals surface area contributed by atoms with Crippen molar-refractivity contribution >= 4 is 16.1 Å². The van der Waals surface area contributed by atoms with E-state index in [-0.39, 0.29) is 24.1 Å². The highest BCUT2D eigenvalue weighted by atomic mass is 32.2.